The van der Waals surface area contributed by atoms with E-state index in [0.29, 0.717) is 11.1 Å². The van der Waals surface area contributed by atoms with Crippen LogP contribution in [0.5, 0.6) is 29.0 Å². The number of carbonyl (C=O) groups is 3. The molecule has 0 saturated carbocycles. The fourth-order valence-corrected chi connectivity index (χ4v) is 7.07. The van der Waals surface area contributed by atoms with E-state index in [1.165, 1.54) is 44.2 Å². The van der Waals surface area contributed by atoms with Crippen molar-refractivity contribution in [3.8, 4) is 29.0 Å². The highest BCUT2D eigenvalue weighted by molar-refractivity contribution is 6.29. The molecule has 59 heavy (non-hydrogen) atoms. The van der Waals surface area contributed by atoms with Crippen molar-refractivity contribution >= 4 is 41.0 Å². The number of ether oxygens (including phenoxy) is 3. The fraction of sp³-hybridized carbons (Fsp3) is 0.244. The lowest BCUT2D eigenvalue weighted by Crippen LogP contribution is -2.44. The number of hydrogen-bond acceptors (Lipinski definition) is 8. The van der Waals surface area contributed by atoms with Crippen LogP contribution in [-0.2, 0) is 14.4 Å². The lowest BCUT2D eigenvalue weighted by Gasteiger charge is -2.37. The summed E-state index contributed by atoms with van der Waals surface area (Å²) >= 11 is 11.8. The number of amides is 2. The third-order valence-corrected chi connectivity index (χ3v) is 10.3. The van der Waals surface area contributed by atoms with Crippen LogP contribution in [0, 0.1) is 51.6 Å². The maximum Gasteiger partial charge on any atom is 0.318 e. The van der Waals surface area contributed by atoms with E-state index in [9.17, 15) is 45.1 Å². The number of fused-ring (bicyclic) bond motifs is 4. The summed E-state index contributed by atoms with van der Waals surface area (Å²) < 4.78 is 113. The van der Waals surface area contributed by atoms with Crippen molar-refractivity contribution in [2.45, 2.75) is 52.9 Å². The van der Waals surface area contributed by atoms with Crippen molar-refractivity contribution in [1.29, 1.82) is 0 Å². The van der Waals surface area contributed by atoms with Crippen LogP contribution in [0.3, 0.4) is 0 Å². The first-order valence-corrected chi connectivity index (χ1v) is 18.3. The molecule has 0 bridgehead atoms. The highest BCUT2D eigenvalue weighted by Gasteiger charge is 2.48. The Morgan fingerprint density at radius 3 is 1.51 bits per heavy atom. The first-order valence-electron chi connectivity index (χ1n) is 17.5. The molecule has 4 heterocycles. The Morgan fingerprint density at radius 1 is 0.644 bits per heavy atom. The van der Waals surface area contributed by atoms with Gasteiger partial charge in [-0.1, -0.05) is 68.2 Å². The van der Waals surface area contributed by atoms with Crippen molar-refractivity contribution in [1.82, 2.24) is 15.3 Å². The number of rotatable bonds is 6. The Hall–Kier alpha value is -5.74. The summed E-state index contributed by atoms with van der Waals surface area (Å²) in [5.74, 6) is -18.6. The van der Waals surface area contributed by atoms with Crippen molar-refractivity contribution in [2.75, 3.05) is 0 Å². The minimum absolute atomic E-state index is 0.00840. The molecule has 9 nitrogen and oxygen atoms in total. The number of carbonyl (C=O) groups excluding carboxylic acids is 3. The number of nitrogens with one attached hydrogen (secondary N) is 1. The highest BCUT2D eigenvalue weighted by atomic mass is 35.5. The van der Waals surface area contributed by atoms with Gasteiger partial charge in [-0.3, -0.25) is 19.7 Å². The van der Waals surface area contributed by atoms with Crippen LogP contribution in [0.1, 0.15) is 75.1 Å². The lowest BCUT2D eigenvalue weighted by atomic mass is 9.69. The summed E-state index contributed by atoms with van der Waals surface area (Å²) in [6.07, 6.45) is 0.189. The van der Waals surface area contributed by atoms with Gasteiger partial charge in [-0.05, 0) is 50.2 Å². The van der Waals surface area contributed by atoms with E-state index in [4.69, 9.17) is 32.7 Å². The van der Waals surface area contributed by atoms with Gasteiger partial charge >= 0.3 is 5.97 Å². The van der Waals surface area contributed by atoms with Crippen LogP contribution < -0.4 is 19.5 Å². The number of hydrogen-bond donors (Lipinski definition) is 1. The molecule has 0 spiro atoms. The number of pyridine rings is 2. The number of para-hydroxylation sites is 2. The highest BCUT2D eigenvalue weighted by Crippen LogP contribution is 2.54. The fourth-order valence-electron chi connectivity index (χ4n) is 6.79. The predicted octanol–water partition coefficient (Wildman–Crippen LogP) is 10.6. The number of imide groups is 1. The summed E-state index contributed by atoms with van der Waals surface area (Å²) in [5.41, 5.74) is -1.25. The van der Waals surface area contributed by atoms with E-state index in [-0.39, 0.29) is 57.0 Å². The Labute approximate surface area is 341 Å². The Morgan fingerprint density at radius 2 is 1.07 bits per heavy atom. The van der Waals surface area contributed by atoms with Crippen LogP contribution >= 0.6 is 23.2 Å². The Bertz CT molecular complexity index is 2530. The number of halogens is 9. The predicted molar refractivity (Wildman–Crippen MR) is 198 cm³/mol. The van der Waals surface area contributed by atoms with Crippen molar-refractivity contribution in [3.63, 3.8) is 0 Å². The summed E-state index contributed by atoms with van der Waals surface area (Å²) in [5, 5.41) is 2.60. The second kappa shape index (κ2) is 16.1. The number of benzene rings is 3. The van der Waals surface area contributed by atoms with Crippen LogP contribution in [0.15, 0.2) is 60.7 Å². The smallest absolute Gasteiger partial charge is 0.318 e. The molecule has 2 aliphatic rings. The maximum atomic E-state index is 14.5. The summed E-state index contributed by atoms with van der Waals surface area (Å²) in [7, 11) is 0. The molecule has 2 atom stereocenters. The van der Waals surface area contributed by atoms with Crippen molar-refractivity contribution in [2.24, 2.45) is 10.8 Å². The second-order valence-corrected chi connectivity index (χ2v) is 15.2. The van der Waals surface area contributed by atoms with Crippen molar-refractivity contribution in [3.05, 3.63) is 134 Å². The molecule has 7 rings (SSSR count). The molecule has 0 fully saturated rings. The summed E-state index contributed by atoms with van der Waals surface area (Å²) in [6.45, 7) is 7.66. The molecule has 5 aromatic rings. The molecular formula is C41H30Cl2F7N3O6. The number of aromatic nitrogens is 2. The van der Waals surface area contributed by atoms with E-state index >= 15 is 0 Å². The molecule has 3 aromatic carbocycles. The lowest BCUT2D eigenvalue weighted by molar-refractivity contribution is -0.145. The zero-order chi connectivity index (χ0) is 43.3. The van der Waals surface area contributed by atoms with Crippen LogP contribution in [-0.4, -0.2) is 27.8 Å². The molecular weight excluding hydrogens is 834 g/mol. The standard InChI is InChI=1S/C22H12ClF6NO3.C19H18ClFN2O3/c1-22(2,21(31)33-19-16(28)14(26)13(25)15(27)17(19)29)12-8-4-3-5-10(24)18(8)32-20-9(12)6-7-11(23)30-20;1-4-14(24)23-18(25)19(2,3)15-10-6-5-7-12(21)16(10)26-17-11(15)8-9-13(20)22-17/h3-7,12H,1-2H3;5-9,15H,4H2,1-3H3,(H,23,24,25)/t12-;15-/m00/s1. The number of nitrogens with zero attached hydrogens (tertiary/aromatic N) is 2. The van der Waals surface area contributed by atoms with Crippen LogP contribution in [0.25, 0.3) is 0 Å². The quantitative estimate of drug-likeness (QED) is 0.0448. The van der Waals surface area contributed by atoms with Crippen LogP contribution in [0.4, 0.5) is 30.7 Å². The van der Waals surface area contributed by atoms with Gasteiger partial charge in [0.2, 0.25) is 58.4 Å². The molecule has 0 radical (unpaired) electrons. The Kier molecular flexibility index (Phi) is 11.7. The second-order valence-electron chi connectivity index (χ2n) is 14.4. The van der Waals surface area contributed by atoms with Gasteiger partial charge in [0.1, 0.15) is 10.3 Å². The van der Waals surface area contributed by atoms with E-state index < -0.39 is 81.0 Å². The molecule has 0 aliphatic carbocycles. The largest absolute Gasteiger partial charge is 0.435 e. The zero-order valence-corrected chi connectivity index (χ0v) is 32.9. The van der Waals surface area contributed by atoms with Gasteiger partial charge in [0, 0.05) is 40.5 Å². The van der Waals surface area contributed by atoms with Gasteiger partial charge in [0.15, 0.2) is 23.1 Å². The molecule has 1 N–H and O–H groups in total. The molecule has 0 unspecified atom stereocenters. The molecule has 2 amide bonds. The maximum absolute atomic E-state index is 14.5. The van der Waals surface area contributed by atoms with Gasteiger partial charge in [-0.2, -0.15) is 8.78 Å². The molecule has 2 aromatic heterocycles. The SMILES string of the molecule is CC(C)(C(=O)Oc1c(F)c(F)c(F)c(F)c1F)[C@@H]1c2ccc(Cl)nc2Oc2c(F)cccc21.CCC(=O)NC(=O)C(C)(C)[C@@H]1c2ccc(Cl)nc2Oc2c(F)cccc21. The minimum atomic E-state index is -2.39. The third kappa shape index (κ3) is 7.78. The van der Waals surface area contributed by atoms with Gasteiger partial charge in [-0.25, -0.2) is 31.9 Å². The first-order chi connectivity index (χ1) is 27.7. The van der Waals surface area contributed by atoms with Crippen LogP contribution in [0.2, 0.25) is 10.3 Å². The summed E-state index contributed by atoms with van der Waals surface area (Å²) in [6, 6.07) is 14.6. The van der Waals surface area contributed by atoms with Crippen molar-refractivity contribution < 1.29 is 59.3 Å². The average molecular weight is 865 g/mol. The minimum Gasteiger partial charge on any atom is -0.435 e. The van der Waals surface area contributed by atoms with Gasteiger partial charge in [0.25, 0.3) is 0 Å². The van der Waals surface area contributed by atoms with E-state index in [0.717, 1.165) is 6.07 Å². The monoisotopic (exact) mass is 863 g/mol. The van der Waals surface area contributed by atoms with Gasteiger partial charge in [0.05, 0.1) is 10.8 Å². The van der Waals surface area contributed by atoms with E-state index in [2.05, 4.69) is 20.0 Å². The first kappa shape index (κ1) is 42.9. The zero-order valence-electron chi connectivity index (χ0n) is 31.4. The number of esters is 1. The molecule has 0 saturated heterocycles. The molecule has 2 aliphatic heterocycles. The topological polar surface area (TPSA) is 117 Å². The molecule has 308 valence electrons. The summed E-state index contributed by atoms with van der Waals surface area (Å²) in [4.78, 5) is 45.6. The normalized spacial score (nSPS) is 15.2. The van der Waals surface area contributed by atoms with Gasteiger partial charge in [-0.15, -0.1) is 0 Å². The molecule has 18 heteroatoms. The Balaban J connectivity index is 0.000000204. The average Bonchev–Trinajstić information content (AvgIpc) is 3.19. The van der Waals surface area contributed by atoms with E-state index in [1.807, 2.05) is 0 Å². The third-order valence-electron chi connectivity index (χ3n) is 9.84. The van der Waals surface area contributed by atoms with Gasteiger partial charge < -0.3 is 14.2 Å². The van der Waals surface area contributed by atoms with E-state index in [1.54, 1.807) is 45.0 Å².